The molecule has 14 heavy (non-hydrogen) atoms. The molecule has 0 amide bonds. The standard InChI is InChI=1S/C9H11N5/c1-14-9(7-12-13-14)6-11-8-3-2-4-10-5-8/h2-5,7,11H,6H2,1H3. The van der Waals surface area contributed by atoms with Gasteiger partial charge >= 0.3 is 0 Å². The number of aromatic nitrogens is 4. The molecule has 0 fully saturated rings. The minimum Gasteiger partial charge on any atom is -0.378 e. The van der Waals surface area contributed by atoms with Crippen molar-refractivity contribution < 1.29 is 0 Å². The maximum atomic E-state index is 4.01. The van der Waals surface area contributed by atoms with Crippen molar-refractivity contribution in [2.45, 2.75) is 6.54 Å². The van der Waals surface area contributed by atoms with Crippen LogP contribution < -0.4 is 5.32 Å². The van der Waals surface area contributed by atoms with Gasteiger partial charge in [-0.1, -0.05) is 5.21 Å². The summed E-state index contributed by atoms with van der Waals surface area (Å²) in [6.07, 6.45) is 5.27. The Morgan fingerprint density at radius 2 is 2.36 bits per heavy atom. The highest BCUT2D eigenvalue weighted by Crippen LogP contribution is 2.04. The monoisotopic (exact) mass is 189 g/mol. The van der Waals surface area contributed by atoms with Crippen LogP contribution in [0.25, 0.3) is 0 Å². The van der Waals surface area contributed by atoms with Gasteiger partial charge in [0, 0.05) is 19.4 Å². The lowest BCUT2D eigenvalue weighted by molar-refractivity contribution is 0.683. The van der Waals surface area contributed by atoms with Gasteiger partial charge in [0.2, 0.25) is 0 Å². The normalized spacial score (nSPS) is 10.1. The van der Waals surface area contributed by atoms with E-state index in [1.54, 1.807) is 23.3 Å². The molecule has 2 aromatic heterocycles. The highest BCUT2D eigenvalue weighted by atomic mass is 15.4. The molecule has 2 rings (SSSR count). The Kier molecular flexibility index (Phi) is 2.40. The highest BCUT2D eigenvalue weighted by Gasteiger charge is 1.98. The van der Waals surface area contributed by atoms with Crippen molar-refractivity contribution in [3.63, 3.8) is 0 Å². The van der Waals surface area contributed by atoms with E-state index in [0.717, 1.165) is 11.4 Å². The van der Waals surface area contributed by atoms with Crippen LogP contribution in [-0.4, -0.2) is 20.0 Å². The number of hydrogen-bond acceptors (Lipinski definition) is 4. The van der Waals surface area contributed by atoms with Crippen LogP contribution in [0.15, 0.2) is 30.7 Å². The molecule has 0 aliphatic rings. The second-order valence-electron chi connectivity index (χ2n) is 2.94. The number of nitrogens with zero attached hydrogens (tertiary/aromatic N) is 4. The lowest BCUT2D eigenvalue weighted by Crippen LogP contribution is -2.05. The van der Waals surface area contributed by atoms with Gasteiger partial charge in [-0.2, -0.15) is 0 Å². The highest BCUT2D eigenvalue weighted by molar-refractivity contribution is 5.39. The summed E-state index contributed by atoms with van der Waals surface area (Å²) >= 11 is 0. The van der Waals surface area contributed by atoms with Crippen molar-refractivity contribution in [1.82, 2.24) is 20.0 Å². The fourth-order valence-corrected chi connectivity index (χ4v) is 1.13. The molecule has 0 spiro atoms. The van der Waals surface area contributed by atoms with Crippen LogP contribution >= 0.6 is 0 Å². The molecule has 5 heteroatoms. The Bertz CT molecular complexity index is 395. The van der Waals surface area contributed by atoms with Crippen LogP contribution in [0.5, 0.6) is 0 Å². The van der Waals surface area contributed by atoms with Gasteiger partial charge in [0.15, 0.2) is 0 Å². The van der Waals surface area contributed by atoms with Crippen molar-refractivity contribution in [3.05, 3.63) is 36.4 Å². The average molecular weight is 189 g/mol. The van der Waals surface area contributed by atoms with Gasteiger partial charge in [0.25, 0.3) is 0 Å². The lowest BCUT2D eigenvalue weighted by Gasteiger charge is -2.04. The van der Waals surface area contributed by atoms with Crippen molar-refractivity contribution in [3.8, 4) is 0 Å². The molecule has 0 bridgehead atoms. The lowest BCUT2D eigenvalue weighted by atomic mass is 10.4. The number of anilines is 1. The molecule has 5 nitrogen and oxygen atoms in total. The summed E-state index contributed by atoms with van der Waals surface area (Å²) in [5, 5.41) is 10.9. The van der Waals surface area contributed by atoms with Gasteiger partial charge in [-0.05, 0) is 12.1 Å². The minimum absolute atomic E-state index is 0.704. The van der Waals surface area contributed by atoms with Gasteiger partial charge in [-0.15, -0.1) is 5.10 Å². The summed E-state index contributed by atoms with van der Waals surface area (Å²) < 4.78 is 1.74. The minimum atomic E-state index is 0.704. The van der Waals surface area contributed by atoms with E-state index >= 15 is 0 Å². The number of pyridine rings is 1. The van der Waals surface area contributed by atoms with E-state index in [1.165, 1.54) is 0 Å². The number of hydrogen-bond donors (Lipinski definition) is 1. The molecule has 2 aromatic rings. The molecule has 0 unspecified atom stereocenters. The summed E-state index contributed by atoms with van der Waals surface area (Å²) in [5.41, 5.74) is 2.03. The third-order valence-corrected chi connectivity index (χ3v) is 1.94. The smallest absolute Gasteiger partial charge is 0.0774 e. The van der Waals surface area contributed by atoms with Crippen LogP contribution in [-0.2, 0) is 13.6 Å². The molecule has 2 heterocycles. The Labute approximate surface area is 81.8 Å². The van der Waals surface area contributed by atoms with Crippen molar-refractivity contribution >= 4 is 5.69 Å². The first-order valence-electron chi connectivity index (χ1n) is 4.34. The summed E-state index contributed by atoms with van der Waals surface area (Å²) in [6, 6.07) is 3.86. The fraction of sp³-hybridized carbons (Fsp3) is 0.222. The number of nitrogens with one attached hydrogen (secondary N) is 1. The summed E-state index contributed by atoms with van der Waals surface area (Å²) in [7, 11) is 1.87. The second-order valence-corrected chi connectivity index (χ2v) is 2.94. The summed E-state index contributed by atoms with van der Waals surface area (Å²) in [5.74, 6) is 0. The zero-order valence-corrected chi connectivity index (χ0v) is 7.88. The predicted octanol–water partition coefficient (Wildman–Crippen LogP) is 0.822. The topological polar surface area (TPSA) is 55.6 Å². The molecule has 1 N–H and O–H groups in total. The van der Waals surface area contributed by atoms with Crippen molar-refractivity contribution in [1.29, 1.82) is 0 Å². The summed E-state index contributed by atoms with van der Waals surface area (Å²) in [4.78, 5) is 4.01. The van der Waals surface area contributed by atoms with Crippen LogP contribution in [0.3, 0.4) is 0 Å². The molecular weight excluding hydrogens is 178 g/mol. The van der Waals surface area contributed by atoms with Gasteiger partial charge in [-0.25, -0.2) is 0 Å². The van der Waals surface area contributed by atoms with Gasteiger partial charge in [-0.3, -0.25) is 9.67 Å². The van der Waals surface area contributed by atoms with E-state index in [4.69, 9.17) is 0 Å². The Morgan fingerprint density at radius 3 is 3.00 bits per heavy atom. The Morgan fingerprint density at radius 1 is 1.43 bits per heavy atom. The molecular formula is C9H11N5. The van der Waals surface area contributed by atoms with E-state index in [1.807, 2.05) is 19.2 Å². The van der Waals surface area contributed by atoms with Gasteiger partial charge < -0.3 is 5.32 Å². The SMILES string of the molecule is Cn1nncc1CNc1cccnc1. The van der Waals surface area contributed by atoms with E-state index in [9.17, 15) is 0 Å². The van der Waals surface area contributed by atoms with Crippen LogP contribution in [0.2, 0.25) is 0 Å². The largest absolute Gasteiger partial charge is 0.378 e. The molecule has 0 radical (unpaired) electrons. The zero-order valence-electron chi connectivity index (χ0n) is 7.88. The van der Waals surface area contributed by atoms with Gasteiger partial charge in [0.1, 0.15) is 0 Å². The second kappa shape index (κ2) is 3.87. The molecule has 0 atom stereocenters. The Balaban J connectivity index is 1.99. The van der Waals surface area contributed by atoms with Crippen LogP contribution in [0.4, 0.5) is 5.69 Å². The third kappa shape index (κ3) is 1.87. The maximum Gasteiger partial charge on any atom is 0.0774 e. The fourth-order valence-electron chi connectivity index (χ4n) is 1.13. The van der Waals surface area contributed by atoms with E-state index < -0.39 is 0 Å². The molecule has 0 aliphatic carbocycles. The first-order valence-corrected chi connectivity index (χ1v) is 4.34. The predicted molar refractivity (Wildman–Crippen MR) is 52.6 cm³/mol. The third-order valence-electron chi connectivity index (χ3n) is 1.94. The quantitative estimate of drug-likeness (QED) is 0.776. The first kappa shape index (κ1) is 8.68. The van der Waals surface area contributed by atoms with E-state index in [2.05, 4.69) is 20.6 Å². The molecule has 0 saturated heterocycles. The van der Waals surface area contributed by atoms with Crippen molar-refractivity contribution in [2.75, 3.05) is 5.32 Å². The van der Waals surface area contributed by atoms with Crippen LogP contribution in [0.1, 0.15) is 5.69 Å². The molecule has 72 valence electrons. The van der Waals surface area contributed by atoms with E-state index in [-0.39, 0.29) is 0 Å². The van der Waals surface area contributed by atoms with Gasteiger partial charge in [0.05, 0.1) is 24.1 Å². The van der Waals surface area contributed by atoms with Crippen LogP contribution in [0, 0.1) is 0 Å². The summed E-state index contributed by atoms with van der Waals surface area (Å²) in [6.45, 7) is 0.704. The average Bonchev–Trinajstić information content (AvgIpc) is 2.63. The number of rotatable bonds is 3. The molecule has 0 aliphatic heterocycles. The molecule has 0 aromatic carbocycles. The first-order chi connectivity index (χ1) is 6.86. The molecule has 0 saturated carbocycles. The van der Waals surface area contributed by atoms with E-state index in [0.29, 0.717) is 6.54 Å². The number of aryl methyl sites for hydroxylation is 1. The Hall–Kier alpha value is -1.91. The maximum absolute atomic E-state index is 4.01. The zero-order chi connectivity index (χ0) is 9.80. The van der Waals surface area contributed by atoms with Crippen molar-refractivity contribution in [2.24, 2.45) is 7.05 Å².